The molecule has 1 aromatic carbocycles. The van der Waals surface area contributed by atoms with Crippen LogP contribution in [0.5, 0.6) is 5.75 Å². The van der Waals surface area contributed by atoms with Crippen LogP contribution < -0.4 is 16.8 Å². The number of benzene rings is 1. The van der Waals surface area contributed by atoms with Crippen LogP contribution >= 0.6 is 12.4 Å². The number of phenols is 1. The van der Waals surface area contributed by atoms with Crippen LogP contribution in [-0.2, 0) is 6.54 Å². The van der Waals surface area contributed by atoms with Crippen LogP contribution in [0.4, 0.5) is 17.2 Å². The minimum atomic E-state index is 0. The zero-order chi connectivity index (χ0) is 14.9. The molecule has 0 aliphatic rings. The van der Waals surface area contributed by atoms with Crippen molar-refractivity contribution in [3.05, 3.63) is 29.5 Å². The Morgan fingerprint density at radius 1 is 1.33 bits per heavy atom. The smallest absolute Gasteiger partial charge is 0.145 e. The van der Waals surface area contributed by atoms with E-state index in [4.69, 9.17) is 11.5 Å². The van der Waals surface area contributed by atoms with Gasteiger partial charge in [-0.25, -0.2) is 4.68 Å². The molecule has 0 saturated carbocycles. The largest absolute Gasteiger partial charge is 0.508 e. The van der Waals surface area contributed by atoms with E-state index < -0.39 is 0 Å². The third kappa shape index (κ3) is 3.52. The van der Waals surface area contributed by atoms with Gasteiger partial charge in [0.1, 0.15) is 17.3 Å². The lowest BCUT2D eigenvalue weighted by atomic mass is 10.2. The molecule has 0 fully saturated rings. The standard InChI is InChI=1S/C14H21N5O.ClH/c1-8(2)19-14(16)13(15)11(18-19)7-17-10-5-4-9(3)12(20)6-10;/h4-6,8,17,20H,7,15-16H2,1-3H3;1H. The fourth-order valence-corrected chi connectivity index (χ4v) is 1.94. The first kappa shape index (κ1) is 17.0. The molecule has 21 heavy (non-hydrogen) atoms. The summed E-state index contributed by atoms with van der Waals surface area (Å²) in [6.45, 7) is 6.30. The van der Waals surface area contributed by atoms with Gasteiger partial charge in [0.25, 0.3) is 0 Å². The number of phenolic OH excluding ortho intramolecular Hbond substituents is 1. The molecule has 116 valence electrons. The molecule has 0 spiro atoms. The Hall–Kier alpha value is -2.08. The second kappa shape index (κ2) is 6.58. The van der Waals surface area contributed by atoms with E-state index in [9.17, 15) is 5.11 Å². The van der Waals surface area contributed by atoms with Crippen molar-refractivity contribution in [2.75, 3.05) is 16.8 Å². The number of nitrogens with zero attached hydrogens (tertiary/aromatic N) is 2. The molecule has 0 radical (unpaired) electrons. The third-order valence-electron chi connectivity index (χ3n) is 3.22. The fraction of sp³-hybridized carbons (Fsp3) is 0.357. The lowest BCUT2D eigenvalue weighted by Crippen LogP contribution is -2.07. The first-order chi connectivity index (χ1) is 9.40. The van der Waals surface area contributed by atoms with Crippen LogP contribution in [0.3, 0.4) is 0 Å². The first-order valence-corrected chi connectivity index (χ1v) is 6.56. The van der Waals surface area contributed by atoms with Crippen molar-refractivity contribution in [1.82, 2.24) is 9.78 Å². The van der Waals surface area contributed by atoms with Gasteiger partial charge in [-0.1, -0.05) is 6.07 Å². The van der Waals surface area contributed by atoms with E-state index in [1.807, 2.05) is 32.9 Å². The maximum Gasteiger partial charge on any atom is 0.145 e. The van der Waals surface area contributed by atoms with Gasteiger partial charge in [0, 0.05) is 17.8 Å². The highest BCUT2D eigenvalue weighted by molar-refractivity contribution is 5.85. The zero-order valence-electron chi connectivity index (χ0n) is 12.4. The average Bonchev–Trinajstić information content (AvgIpc) is 2.68. The Morgan fingerprint density at radius 3 is 2.52 bits per heavy atom. The van der Waals surface area contributed by atoms with Crippen molar-refractivity contribution < 1.29 is 5.11 Å². The molecule has 2 aromatic rings. The molecule has 2 rings (SSSR count). The molecular weight excluding hydrogens is 290 g/mol. The molecule has 0 bridgehead atoms. The van der Waals surface area contributed by atoms with E-state index in [1.165, 1.54) is 0 Å². The van der Waals surface area contributed by atoms with Crippen molar-refractivity contribution in [3.8, 4) is 5.75 Å². The Morgan fingerprint density at radius 2 is 2.00 bits per heavy atom. The second-order valence-electron chi connectivity index (χ2n) is 5.14. The van der Waals surface area contributed by atoms with Crippen LogP contribution in [0.15, 0.2) is 18.2 Å². The fourth-order valence-electron chi connectivity index (χ4n) is 1.94. The number of nitrogens with one attached hydrogen (secondary N) is 1. The number of nitrogen functional groups attached to an aromatic ring is 2. The topological polar surface area (TPSA) is 102 Å². The maximum atomic E-state index is 9.67. The van der Waals surface area contributed by atoms with Gasteiger partial charge in [0.2, 0.25) is 0 Å². The number of anilines is 3. The SMILES string of the molecule is Cc1ccc(NCc2nn(C(C)C)c(N)c2N)cc1O.Cl. The Labute approximate surface area is 130 Å². The minimum Gasteiger partial charge on any atom is -0.508 e. The van der Waals surface area contributed by atoms with E-state index >= 15 is 0 Å². The normalized spacial score (nSPS) is 10.5. The Balaban J connectivity index is 0.00000220. The van der Waals surface area contributed by atoms with Gasteiger partial charge in [0.15, 0.2) is 0 Å². The summed E-state index contributed by atoms with van der Waals surface area (Å²) in [7, 11) is 0. The van der Waals surface area contributed by atoms with Gasteiger partial charge in [0.05, 0.1) is 12.2 Å². The summed E-state index contributed by atoms with van der Waals surface area (Å²) in [6, 6.07) is 5.58. The van der Waals surface area contributed by atoms with Gasteiger partial charge in [-0.3, -0.25) is 0 Å². The molecular formula is C14H22ClN5O. The van der Waals surface area contributed by atoms with E-state index in [0.29, 0.717) is 23.7 Å². The molecule has 0 atom stereocenters. The summed E-state index contributed by atoms with van der Waals surface area (Å²) in [4.78, 5) is 0. The predicted octanol–water partition coefficient (Wildman–Crippen LogP) is 2.68. The number of hydrogen-bond donors (Lipinski definition) is 4. The molecule has 6 nitrogen and oxygen atoms in total. The maximum absolute atomic E-state index is 9.67. The average molecular weight is 312 g/mol. The van der Waals surface area contributed by atoms with Gasteiger partial charge in [-0.15, -0.1) is 12.4 Å². The number of halogens is 1. The molecule has 0 aliphatic carbocycles. The van der Waals surface area contributed by atoms with Crippen LogP contribution in [-0.4, -0.2) is 14.9 Å². The quantitative estimate of drug-likeness (QED) is 0.695. The van der Waals surface area contributed by atoms with E-state index in [2.05, 4.69) is 10.4 Å². The van der Waals surface area contributed by atoms with E-state index in [-0.39, 0.29) is 24.2 Å². The summed E-state index contributed by atoms with van der Waals surface area (Å²) < 4.78 is 1.71. The van der Waals surface area contributed by atoms with Gasteiger partial charge in [-0.2, -0.15) is 5.10 Å². The zero-order valence-corrected chi connectivity index (χ0v) is 13.2. The van der Waals surface area contributed by atoms with Crippen LogP contribution in [0.2, 0.25) is 0 Å². The molecule has 0 aliphatic heterocycles. The highest BCUT2D eigenvalue weighted by Crippen LogP contribution is 2.25. The lowest BCUT2D eigenvalue weighted by molar-refractivity contribution is 0.471. The highest BCUT2D eigenvalue weighted by atomic mass is 35.5. The molecule has 0 unspecified atom stereocenters. The van der Waals surface area contributed by atoms with E-state index in [0.717, 1.165) is 11.3 Å². The molecule has 1 aromatic heterocycles. The monoisotopic (exact) mass is 311 g/mol. The molecule has 0 saturated heterocycles. The number of aromatic nitrogens is 2. The van der Waals surface area contributed by atoms with Crippen molar-refractivity contribution in [2.24, 2.45) is 0 Å². The van der Waals surface area contributed by atoms with Crippen LogP contribution in [0, 0.1) is 6.92 Å². The summed E-state index contributed by atoms with van der Waals surface area (Å²) in [5, 5.41) is 17.3. The minimum absolute atomic E-state index is 0. The number of hydrogen-bond acceptors (Lipinski definition) is 5. The summed E-state index contributed by atoms with van der Waals surface area (Å²) in [5.74, 6) is 0.749. The molecule has 0 amide bonds. The van der Waals surface area contributed by atoms with Gasteiger partial charge >= 0.3 is 0 Å². The number of nitrogens with two attached hydrogens (primary N) is 2. The third-order valence-corrected chi connectivity index (χ3v) is 3.22. The predicted molar refractivity (Wildman–Crippen MR) is 88.9 cm³/mol. The van der Waals surface area contributed by atoms with Crippen molar-refractivity contribution in [2.45, 2.75) is 33.4 Å². The summed E-state index contributed by atoms with van der Waals surface area (Å²) in [6.07, 6.45) is 0. The summed E-state index contributed by atoms with van der Waals surface area (Å²) in [5.41, 5.74) is 14.7. The molecule has 6 N–H and O–H groups in total. The van der Waals surface area contributed by atoms with Crippen LogP contribution in [0.25, 0.3) is 0 Å². The second-order valence-corrected chi connectivity index (χ2v) is 5.14. The van der Waals surface area contributed by atoms with Gasteiger partial charge < -0.3 is 21.9 Å². The molecule has 1 heterocycles. The Kier molecular flexibility index (Phi) is 5.32. The summed E-state index contributed by atoms with van der Waals surface area (Å²) >= 11 is 0. The number of aromatic hydroxyl groups is 1. The highest BCUT2D eigenvalue weighted by Gasteiger charge is 2.14. The Bertz CT molecular complexity index is 624. The number of aryl methyl sites for hydroxylation is 1. The van der Waals surface area contributed by atoms with Crippen molar-refractivity contribution in [3.63, 3.8) is 0 Å². The van der Waals surface area contributed by atoms with Crippen molar-refractivity contribution in [1.29, 1.82) is 0 Å². The lowest BCUT2D eigenvalue weighted by Gasteiger charge is -2.07. The van der Waals surface area contributed by atoms with Crippen LogP contribution in [0.1, 0.15) is 31.1 Å². The van der Waals surface area contributed by atoms with Crippen molar-refractivity contribution >= 4 is 29.6 Å². The molecule has 7 heteroatoms. The van der Waals surface area contributed by atoms with Gasteiger partial charge in [-0.05, 0) is 32.4 Å². The number of rotatable bonds is 4. The van der Waals surface area contributed by atoms with E-state index in [1.54, 1.807) is 10.7 Å². The first-order valence-electron chi connectivity index (χ1n) is 6.56.